The summed E-state index contributed by atoms with van der Waals surface area (Å²) >= 11 is 0. The minimum Gasteiger partial charge on any atom is -0.255 e. The second-order valence-electron chi connectivity index (χ2n) is 3.37. The van der Waals surface area contributed by atoms with Gasteiger partial charge in [0.25, 0.3) is 0 Å². The lowest BCUT2D eigenvalue weighted by atomic mass is 10.3. The molecule has 0 saturated heterocycles. The fourth-order valence-electron chi connectivity index (χ4n) is 1.64. The van der Waals surface area contributed by atoms with Crippen LogP contribution in [-0.2, 0) is 0 Å². The molecule has 0 aliphatic carbocycles. The molecule has 0 unspecified atom stereocenters. The third kappa shape index (κ3) is 1.30. The van der Waals surface area contributed by atoms with Crippen molar-refractivity contribution in [2.75, 3.05) is 0 Å². The average molecular weight is 212 g/mol. The molecule has 0 atom stereocenters. The Hall–Kier alpha value is -2.43. The van der Waals surface area contributed by atoms with E-state index in [1.807, 2.05) is 30.3 Å². The zero-order valence-corrected chi connectivity index (χ0v) is 8.29. The molecule has 0 saturated carbocycles. The average Bonchev–Trinajstić information content (AvgIpc) is 2.73. The molecule has 0 bridgehead atoms. The Morgan fingerprint density at radius 3 is 2.88 bits per heavy atom. The van der Waals surface area contributed by atoms with Gasteiger partial charge in [-0.3, -0.25) is 4.98 Å². The van der Waals surface area contributed by atoms with Crippen LogP contribution in [0, 0.1) is 0 Å². The Bertz CT molecular complexity index is 684. The molecule has 5 nitrogen and oxygen atoms in total. The lowest BCUT2D eigenvalue weighted by Crippen LogP contribution is -2.14. The summed E-state index contributed by atoms with van der Waals surface area (Å²) in [6.45, 7) is 0. The third-order valence-corrected chi connectivity index (χ3v) is 2.36. The number of aromatic nitrogens is 4. The monoisotopic (exact) mass is 212 g/mol. The third-order valence-electron chi connectivity index (χ3n) is 2.36. The molecule has 0 aromatic carbocycles. The minimum absolute atomic E-state index is 0.374. The van der Waals surface area contributed by atoms with E-state index in [0.717, 1.165) is 16.9 Å². The van der Waals surface area contributed by atoms with Crippen molar-refractivity contribution in [1.29, 1.82) is 0 Å². The van der Waals surface area contributed by atoms with E-state index in [4.69, 9.17) is 0 Å². The number of nitrogens with zero attached hydrogens (tertiary/aromatic N) is 3. The van der Waals surface area contributed by atoms with Gasteiger partial charge in [0.2, 0.25) is 0 Å². The van der Waals surface area contributed by atoms with Gasteiger partial charge in [0.1, 0.15) is 0 Å². The van der Waals surface area contributed by atoms with Crippen LogP contribution in [0.2, 0.25) is 0 Å². The first-order chi connectivity index (χ1) is 7.84. The van der Waals surface area contributed by atoms with Crippen LogP contribution >= 0.6 is 0 Å². The lowest BCUT2D eigenvalue weighted by Gasteiger charge is -2.00. The molecule has 0 aliphatic rings. The van der Waals surface area contributed by atoms with E-state index in [2.05, 4.69) is 15.1 Å². The zero-order valence-electron chi connectivity index (χ0n) is 8.29. The first-order valence-electron chi connectivity index (χ1n) is 4.83. The van der Waals surface area contributed by atoms with Gasteiger partial charge < -0.3 is 0 Å². The summed E-state index contributed by atoms with van der Waals surface area (Å²) < 4.78 is 1.68. The van der Waals surface area contributed by atoms with Gasteiger partial charge in [-0.1, -0.05) is 6.07 Å². The number of hydrogen-bond acceptors (Lipinski definition) is 3. The molecule has 0 spiro atoms. The Labute approximate surface area is 90.4 Å². The van der Waals surface area contributed by atoms with Crippen LogP contribution in [0.1, 0.15) is 0 Å². The van der Waals surface area contributed by atoms with Crippen LogP contribution < -0.4 is 5.69 Å². The number of H-pyrrole nitrogens is 1. The van der Waals surface area contributed by atoms with Gasteiger partial charge in [0.15, 0.2) is 0 Å². The van der Waals surface area contributed by atoms with E-state index >= 15 is 0 Å². The second kappa shape index (κ2) is 3.30. The van der Waals surface area contributed by atoms with Crippen molar-refractivity contribution in [3.8, 4) is 11.4 Å². The molecule has 1 N–H and O–H groups in total. The highest BCUT2D eigenvalue weighted by Crippen LogP contribution is 2.17. The van der Waals surface area contributed by atoms with Crippen molar-refractivity contribution in [3.05, 3.63) is 53.2 Å². The predicted octanol–water partition coefficient (Wildman–Crippen LogP) is 1.08. The van der Waals surface area contributed by atoms with Crippen molar-refractivity contribution in [2.45, 2.75) is 0 Å². The highest BCUT2D eigenvalue weighted by Gasteiger charge is 2.05. The van der Waals surface area contributed by atoms with Crippen LogP contribution in [0.15, 0.2) is 47.5 Å². The second-order valence-corrected chi connectivity index (χ2v) is 3.37. The van der Waals surface area contributed by atoms with Crippen molar-refractivity contribution < 1.29 is 0 Å². The number of nitrogens with one attached hydrogen (secondary N) is 1. The molecule has 16 heavy (non-hydrogen) atoms. The van der Waals surface area contributed by atoms with Gasteiger partial charge in [0, 0.05) is 6.20 Å². The smallest absolute Gasteiger partial charge is 0.255 e. The summed E-state index contributed by atoms with van der Waals surface area (Å²) in [5.74, 6) is 0. The van der Waals surface area contributed by atoms with Crippen molar-refractivity contribution in [1.82, 2.24) is 19.6 Å². The first-order valence-corrected chi connectivity index (χ1v) is 4.83. The molecule has 0 amide bonds. The number of fused-ring (bicyclic) bond motifs is 1. The number of aromatic amines is 1. The molecule has 0 aliphatic heterocycles. The highest BCUT2D eigenvalue weighted by molar-refractivity contribution is 5.62. The van der Waals surface area contributed by atoms with E-state index < -0.39 is 0 Å². The summed E-state index contributed by atoms with van der Waals surface area (Å²) in [5, 5.41) is 2.65. The van der Waals surface area contributed by atoms with E-state index in [1.54, 1.807) is 10.7 Å². The van der Waals surface area contributed by atoms with Gasteiger partial charge in [-0.15, -0.1) is 0 Å². The Morgan fingerprint density at radius 1 is 1.12 bits per heavy atom. The predicted molar refractivity (Wildman–Crippen MR) is 59.0 cm³/mol. The molecular formula is C11H8N4O. The molecular weight excluding hydrogens is 204 g/mol. The normalized spacial score (nSPS) is 10.8. The Balaban J connectivity index is 2.33. The van der Waals surface area contributed by atoms with Gasteiger partial charge >= 0.3 is 5.69 Å². The minimum atomic E-state index is -0.374. The molecule has 3 rings (SSSR count). The largest absolute Gasteiger partial charge is 0.360 e. The molecule has 5 heteroatoms. The fraction of sp³-hybridized carbons (Fsp3) is 0. The van der Waals surface area contributed by atoms with Crippen LogP contribution in [0.3, 0.4) is 0 Å². The Morgan fingerprint density at radius 2 is 2.06 bits per heavy atom. The lowest BCUT2D eigenvalue weighted by molar-refractivity contribution is 0.863. The molecule has 0 fully saturated rings. The van der Waals surface area contributed by atoms with Crippen molar-refractivity contribution in [3.63, 3.8) is 0 Å². The highest BCUT2D eigenvalue weighted by atomic mass is 16.1. The summed E-state index contributed by atoms with van der Waals surface area (Å²) in [7, 11) is 0. The summed E-state index contributed by atoms with van der Waals surface area (Å²) in [6.07, 6.45) is 3.25. The fourth-order valence-corrected chi connectivity index (χ4v) is 1.64. The van der Waals surface area contributed by atoms with Crippen molar-refractivity contribution >= 4 is 5.52 Å². The molecule has 78 valence electrons. The van der Waals surface area contributed by atoms with Gasteiger partial charge in [0.05, 0.1) is 23.1 Å². The van der Waals surface area contributed by atoms with E-state index in [-0.39, 0.29) is 5.69 Å². The quantitative estimate of drug-likeness (QED) is 0.656. The summed E-state index contributed by atoms with van der Waals surface area (Å²) in [6, 6.07) is 9.42. The summed E-state index contributed by atoms with van der Waals surface area (Å²) in [4.78, 5) is 19.1. The Kier molecular flexibility index (Phi) is 1.83. The van der Waals surface area contributed by atoms with Crippen LogP contribution in [0.25, 0.3) is 16.9 Å². The number of rotatable bonds is 1. The maximum atomic E-state index is 11.2. The first kappa shape index (κ1) is 8.84. The van der Waals surface area contributed by atoms with Crippen LogP contribution in [0.5, 0.6) is 0 Å². The molecule has 3 heterocycles. The molecule has 0 radical (unpaired) electrons. The summed E-state index contributed by atoms with van der Waals surface area (Å²) in [5.41, 5.74) is 2.11. The van der Waals surface area contributed by atoms with E-state index in [0.29, 0.717) is 0 Å². The topological polar surface area (TPSA) is 63.1 Å². The van der Waals surface area contributed by atoms with Gasteiger partial charge in [-0.2, -0.15) is 4.98 Å². The van der Waals surface area contributed by atoms with Crippen LogP contribution in [0.4, 0.5) is 0 Å². The number of pyridine rings is 1. The maximum Gasteiger partial charge on any atom is 0.360 e. The maximum absolute atomic E-state index is 11.2. The number of hydrogen-bond donors (Lipinski definition) is 1. The van der Waals surface area contributed by atoms with E-state index in [1.165, 1.54) is 6.20 Å². The van der Waals surface area contributed by atoms with Crippen molar-refractivity contribution in [2.24, 2.45) is 0 Å². The van der Waals surface area contributed by atoms with E-state index in [9.17, 15) is 4.79 Å². The van der Waals surface area contributed by atoms with Gasteiger partial charge in [-0.25, -0.2) is 14.4 Å². The van der Waals surface area contributed by atoms with Crippen LogP contribution in [-0.4, -0.2) is 19.6 Å². The molecule has 3 aromatic rings. The zero-order chi connectivity index (χ0) is 11.0. The SMILES string of the molecule is O=c1ncc2ccc(-c3ccccn3)n2[nH]1. The standard InChI is InChI=1S/C11H8N4O/c16-11-13-7-8-4-5-10(15(8)14-11)9-3-1-2-6-12-9/h1-7H,(H,14,16). The van der Waals surface area contributed by atoms with Gasteiger partial charge in [-0.05, 0) is 24.3 Å². The molecule has 3 aromatic heterocycles.